The lowest BCUT2D eigenvalue weighted by molar-refractivity contribution is -0.123. The Bertz CT molecular complexity index is 557. The number of rotatable bonds is 6. The summed E-state index contributed by atoms with van der Waals surface area (Å²) in [6, 6.07) is 17.5. The van der Waals surface area contributed by atoms with Crippen LogP contribution >= 0.6 is 15.9 Å². The highest BCUT2D eigenvalue weighted by Gasteiger charge is 2.02. The molecule has 0 aliphatic heterocycles. The van der Waals surface area contributed by atoms with Crippen LogP contribution in [-0.2, 0) is 11.2 Å². The molecule has 0 aromatic heterocycles. The molecule has 0 bridgehead atoms. The minimum absolute atomic E-state index is 0.0330. The molecule has 0 radical (unpaired) electrons. The van der Waals surface area contributed by atoms with Crippen LogP contribution in [-0.4, -0.2) is 19.1 Å². The van der Waals surface area contributed by atoms with Crippen molar-refractivity contribution in [1.82, 2.24) is 5.32 Å². The third-order valence-corrected chi connectivity index (χ3v) is 3.24. The third kappa shape index (κ3) is 5.05. The van der Waals surface area contributed by atoms with E-state index in [0.29, 0.717) is 12.3 Å². The van der Waals surface area contributed by atoms with Gasteiger partial charge in [-0.25, -0.2) is 0 Å². The highest BCUT2D eigenvalue weighted by molar-refractivity contribution is 9.10. The molecule has 0 saturated heterocycles. The number of amides is 1. The van der Waals surface area contributed by atoms with Gasteiger partial charge in [0.15, 0.2) is 6.61 Å². The van der Waals surface area contributed by atoms with E-state index in [-0.39, 0.29) is 12.5 Å². The second-order valence-electron chi connectivity index (χ2n) is 4.33. The van der Waals surface area contributed by atoms with E-state index in [9.17, 15) is 4.79 Å². The maximum atomic E-state index is 11.6. The molecule has 2 aromatic rings. The Morgan fingerprint density at radius 2 is 1.90 bits per heavy atom. The summed E-state index contributed by atoms with van der Waals surface area (Å²) in [5.41, 5.74) is 1.21. The van der Waals surface area contributed by atoms with Gasteiger partial charge in [-0.3, -0.25) is 4.79 Å². The van der Waals surface area contributed by atoms with Crippen molar-refractivity contribution in [2.45, 2.75) is 6.42 Å². The Hall–Kier alpha value is -1.81. The lowest BCUT2D eigenvalue weighted by Crippen LogP contribution is -2.30. The summed E-state index contributed by atoms with van der Waals surface area (Å²) in [5, 5.41) is 2.84. The monoisotopic (exact) mass is 333 g/mol. The molecule has 0 spiro atoms. The number of carbonyl (C=O) groups excluding carboxylic acids is 1. The molecule has 104 valence electrons. The van der Waals surface area contributed by atoms with E-state index in [1.165, 1.54) is 5.56 Å². The zero-order valence-electron chi connectivity index (χ0n) is 11.0. The van der Waals surface area contributed by atoms with Crippen LogP contribution in [0.5, 0.6) is 5.75 Å². The largest absolute Gasteiger partial charge is 0.484 e. The maximum Gasteiger partial charge on any atom is 0.257 e. The minimum atomic E-state index is -0.110. The zero-order valence-corrected chi connectivity index (χ0v) is 12.6. The molecule has 2 aromatic carbocycles. The fraction of sp³-hybridized carbons (Fsp3) is 0.188. The summed E-state index contributed by atoms with van der Waals surface area (Å²) < 4.78 is 6.34. The summed E-state index contributed by atoms with van der Waals surface area (Å²) >= 11 is 3.36. The molecule has 20 heavy (non-hydrogen) atoms. The fourth-order valence-corrected chi connectivity index (χ4v) is 2.13. The van der Waals surface area contributed by atoms with Crippen molar-refractivity contribution in [3.63, 3.8) is 0 Å². The number of hydrogen-bond acceptors (Lipinski definition) is 2. The summed E-state index contributed by atoms with van der Waals surface area (Å²) in [4.78, 5) is 11.6. The molecule has 2 rings (SSSR count). The quantitative estimate of drug-likeness (QED) is 0.881. The number of ether oxygens (including phenoxy) is 1. The highest BCUT2D eigenvalue weighted by Crippen LogP contribution is 2.17. The number of hydrogen-bond donors (Lipinski definition) is 1. The van der Waals surface area contributed by atoms with Gasteiger partial charge in [-0.05, 0) is 30.2 Å². The van der Waals surface area contributed by atoms with Gasteiger partial charge in [0.05, 0.1) is 0 Å². The van der Waals surface area contributed by atoms with E-state index in [0.717, 1.165) is 10.9 Å². The lowest BCUT2D eigenvalue weighted by atomic mass is 10.1. The summed E-state index contributed by atoms with van der Waals surface area (Å²) in [6.07, 6.45) is 0.823. The van der Waals surface area contributed by atoms with Crippen LogP contribution in [0.3, 0.4) is 0 Å². The van der Waals surface area contributed by atoms with Crippen LogP contribution in [0.4, 0.5) is 0 Å². The van der Waals surface area contributed by atoms with E-state index in [1.807, 2.05) is 54.6 Å². The molecule has 0 atom stereocenters. The summed E-state index contributed by atoms with van der Waals surface area (Å²) in [5.74, 6) is 0.568. The van der Waals surface area contributed by atoms with Gasteiger partial charge >= 0.3 is 0 Å². The van der Waals surface area contributed by atoms with Crippen LogP contribution in [0.25, 0.3) is 0 Å². The van der Waals surface area contributed by atoms with Crippen LogP contribution in [0.2, 0.25) is 0 Å². The van der Waals surface area contributed by atoms with Crippen molar-refractivity contribution < 1.29 is 9.53 Å². The molecule has 0 fully saturated rings. The topological polar surface area (TPSA) is 38.3 Å². The van der Waals surface area contributed by atoms with Gasteiger partial charge in [-0.2, -0.15) is 0 Å². The lowest BCUT2D eigenvalue weighted by Gasteiger charge is -2.07. The second-order valence-corrected chi connectivity index (χ2v) is 5.25. The SMILES string of the molecule is O=C(COc1cccc(Br)c1)NCCc1ccccc1. The molecule has 1 amide bonds. The first kappa shape index (κ1) is 14.6. The van der Waals surface area contributed by atoms with Gasteiger partial charge in [0, 0.05) is 11.0 Å². The van der Waals surface area contributed by atoms with E-state index in [2.05, 4.69) is 21.2 Å². The van der Waals surface area contributed by atoms with Gasteiger partial charge in [0.2, 0.25) is 0 Å². The molecule has 3 nitrogen and oxygen atoms in total. The Morgan fingerprint density at radius 1 is 1.10 bits per heavy atom. The van der Waals surface area contributed by atoms with E-state index < -0.39 is 0 Å². The van der Waals surface area contributed by atoms with Crippen molar-refractivity contribution in [3.05, 3.63) is 64.6 Å². The number of nitrogens with one attached hydrogen (secondary N) is 1. The highest BCUT2D eigenvalue weighted by atomic mass is 79.9. The first-order valence-electron chi connectivity index (χ1n) is 6.43. The molecule has 0 aliphatic rings. The van der Waals surface area contributed by atoms with Crippen LogP contribution < -0.4 is 10.1 Å². The fourth-order valence-electron chi connectivity index (χ4n) is 1.75. The first-order chi connectivity index (χ1) is 9.74. The van der Waals surface area contributed by atoms with Crippen LogP contribution in [0, 0.1) is 0 Å². The van der Waals surface area contributed by atoms with Crippen molar-refractivity contribution in [2.24, 2.45) is 0 Å². The number of benzene rings is 2. The predicted octanol–water partition coefficient (Wildman–Crippen LogP) is 3.19. The normalized spacial score (nSPS) is 10.1. The number of carbonyl (C=O) groups is 1. The van der Waals surface area contributed by atoms with Crippen molar-refractivity contribution in [1.29, 1.82) is 0 Å². The molecule has 0 saturated carbocycles. The van der Waals surface area contributed by atoms with E-state index in [1.54, 1.807) is 0 Å². The Balaban J connectivity index is 1.68. The standard InChI is InChI=1S/C16H16BrNO2/c17-14-7-4-8-15(11-14)20-12-16(19)18-10-9-13-5-2-1-3-6-13/h1-8,11H,9-10,12H2,(H,18,19). The average Bonchev–Trinajstić information content (AvgIpc) is 2.46. The average molecular weight is 334 g/mol. The number of halogens is 1. The first-order valence-corrected chi connectivity index (χ1v) is 7.22. The van der Waals surface area contributed by atoms with Crippen molar-refractivity contribution >= 4 is 21.8 Å². The Kier molecular flexibility index (Phi) is 5.62. The Morgan fingerprint density at radius 3 is 2.65 bits per heavy atom. The van der Waals surface area contributed by atoms with Crippen molar-refractivity contribution in [2.75, 3.05) is 13.2 Å². The van der Waals surface area contributed by atoms with Gasteiger partial charge < -0.3 is 10.1 Å². The van der Waals surface area contributed by atoms with Crippen LogP contribution in [0.1, 0.15) is 5.56 Å². The Labute approximate surface area is 127 Å². The smallest absolute Gasteiger partial charge is 0.257 e. The molecule has 1 N–H and O–H groups in total. The summed E-state index contributed by atoms with van der Waals surface area (Å²) in [7, 11) is 0. The molecule has 4 heteroatoms. The summed E-state index contributed by atoms with van der Waals surface area (Å²) in [6.45, 7) is 0.649. The van der Waals surface area contributed by atoms with Gasteiger partial charge in [0.25, 0.3) is 5.91 Å². The maximum absolute atomic E-state index is 11.6. The second kappa shape index (κ2) is 7.70. The molecular weight excluding hydrogens is 318 g/mol. The minimum Gasteiger partial charge on any atom is -0.484 e. The molecule has 0 unspecified atom stereocenters. The van der Waals surface area contributed by atoms with Crippen molar-refractivity contribution in [3.8, 4) is 5.75 Å². The molecule has 0 aliphatic carbocycles. The predicted molar refractivity (Wildman–Crippen MR) is 82.8 cm³/mol. The molecule has 0 heterocycles. The van der Waals surface area contributed by atoms with Gasteiger partial charge in [-0.15, -0.1) is 0 Å². The van der Waals surface area contributed by atoms with Gasteiger partial charge in [0.1, 0.15) is 5.75 Å². The molecular formula is C16H16BrNO2. The van der Waals surface area contributed by atoms with E-state index in [4.69, 9.17) is 4.74 Å². The van der Waals surface area contributed by atoms with Gasteiger partial charge in [-0.1, -0.05) is 52.3 Å². The third-order valence-electron chi connectivity index (χ3n) is 2.74. The zero-order chi connectivity index (χ0) is 14.2. The van der Waals surface area contributed by atoms with Crippen LogP contribution in [0.15, 0.2) is 59.1 Å². The van der Waals surface area contributed by atoms with E-state index >= 15 is 0 Å².